The highest BCUT2D eigenvalue weighted by Gasteiger charge is 2.06. The predicted molar refractivity (Wildman–Crippen MR) is 69.4 cm³/mol. The predicted octanol–water partition coefficient (Wildman–Crippen LogP) is 3.50. The fraction of sp³-hybridized carbons (Fsp3) is 0.214. The third-order valence-electron chi connectivity index (χ3n) is 2.72. The topological polar surface area (TPSA) is 37.9 Å². The summed E-state index contributed by atoms with van der Waals surface area (Å²) >= 11 is 0. The molecule has 0 amide bonds. The first-order valence-electron chi connectivity index (χ1n) is 5.77. The van der Waals surface area contributed by atoms with Crippen LogP contribution in [0.1, 0.15) is 13.8 Å². The standard InChI is InChI=1S/C14H14N2O/c1-9(2)17-14-7-11-10-5-3-4-6-12(10)16-13(11)8-15-14/h3-9,16H,1-2H3. The summed E-state index contributed by atoms with van der Waals surface area (Å²) in [7, 11) is 0. The van der Waals surface area contributed by atoms with Crippen molar-refractivity contribution in [1.29, 1.82) is 0 Å². The number of H-pyrrole nitrogens is 1. The van der Waals surface area contributed by atoms with E-state index < -0.39 is 0 Å². The first-order valence-corrected chi connectivity index (χ1v) is 5.77. The molecule has 0 aliphatic carbocycles. The van der Waals surface area contributed by atoms with Crippen LogP contribution in [0.25, 0.3) is 21.8 Å². The van der Waals surface area contributed by atoms with Crippen LogP contribution in [0.4, 0.5) is 0 Å². The van der Waals surface area contributed by atoms with Crippen LogP contribution in [-0.2, 0) is 0 Å². The third-order valence-corrected chi connectivity index (χ3v) is 2.72. The number of aromatic nitrogens is 2. The van der Waals surface area contributed by atoms with E-state index in [4.69, 9.17) is 4.74 Å². The Kier molecular flexibility index (Phi) is 2.25. The average molecular weight is 226 g/mol. The summed E-state index contributed by atoms with van der Waals surface area (Å²) in [6.07, 6.45) is 1.97. The van der Waals surface area contributed by atoms with Gasteiger partial charge in [0.15, 0.2) is 0 Å². The van der Waals surface area contributed by atoms with E-state index in [9.17, 15) is 0 Å². The zero-order valence-electron chi connectivity index (χ0n) is 9.90. The Bertz CT molecular complexity index is 670. The van der Waals surface area contributed by atoms with Crippen molar-refractivity contribution in [3.05, 3.63) is 36.5 Å². The largest absolute Gasteiger partial charge is 0.475 e. The second-order valence-corrected chi connectivity index (χ2v) is 4.41. The second-order valence-electron chi connectivity index (χ2n) is 4.41. The minimum atomic E-state index is 0.144. The molecular weight excluding hydrogens is 212 g/mol. The lowest BCUT2D eigenvalue weighted by Crippen LogP contribution is -2.06. The molecule has 0 fully saturated rings. The van der Waals surface area contributed by atoms with E-state index in [1.54, 1.807) is 0 Å². The zero-order chi connectivity index (χ0) is 11.8. The molecule has 3 aromatic rings. The Morgan fingerprint density at radius 1 is 1.12 bits per heavy atom. The van der Waals surface area contributed by atoms with Gasteiger partial charge in [0.05, 0.1) is 17.8 Å². The molecule has 1 N–H and O–H groups in total. The second kappa shape index (κ2) is 3.77. The van der Waals surface area contributed by atoms with Gasteiger partial charge in [0.1, 0.15) is 0 Å². The number of rotatable bonds is 2. The monoisotopic (exact) mass is 226 g/mol. The van der Waals surface area contributed by atoms with Gasteiger partial charge in [-0.25, -0.2) is 4.98 Å². The van der Waals surface area contributed by atoms with Crippen LogP contribution in [0.15, 0.2) is 36.5 Å². The van der Waals surface area contributed by atoms with Crippen LogP contribution < -0.4 is 4.74 Å². The molecule has 3 heteroatoms. The minimum Gasteiger partial charge on any atom is -0.475 e. The van der Waals surface area contributed by atoms with Gasteiger partial charge < -0.3 is 9.72 Å². The normalized spacial score (nSPS) is 11.5. The summed E-state index contributed by atoms with van der Waals surface area (Å²) in [6, 6.07) is 10.2. The maximum absolute atomic E-state index is 5.62. The molecule has 2 aromatic heterocycles. The molecule has 1 aromatic carbocycles. The highest BCUT2D eigenvalue weighted by Crippen LogP contribution is 2.27. The van der Waals surface area contributed by atoms with Gasteiger partial charge in [-0.05, 0) is 19.9 Å². The molecule has 3 nitrogen and oxygen atoms in total. The molecule has 17 heavy (non-hydrogen) atoms. The summed E-state index contributed by atoms with van der Waals surface area (Å²) in [5.74, 6) is 0.678. The highest BCUT2D eigenvalue weighted by atomic mass is 16.5. The smallest absolute Gasteiger partial charge is 0.214 e. The van der Waals surface area contributed by atoms with Crippen LogP contribution >= 0.6 is 0 Å². The number of fused-ring (bicyclic) bond motifs is 3. The summed E-state index contributed by atoms with van der Waals surface area (Å²) < 4.78 is 5.62. The maximum Gasteiger partial charge on any atom is 0.214 e. The number of para-hydroxylation sites is 1. The molecule has 2 heterocycles. The van der Waals surface area contributed by atoms with Crippen molar-refractivity contribution in [1.82, 2.24) is 9.97 Å². The lowest BCUT2D eigenvalue weighted by Gasteiger charge is -2.07. The molecule has 0 atom stereocenters. The van der Waals surface area contributed by atoms with Gasteiger partial charge in [-0.2, -0.15) is 0 Å². The van der Waals surface area contributed by atoms with Gasteiger partial charge >= 0.3 is 0 Å². The fourth-order valence-electron chi connectivity index (χ4n) is 2.04. The van der Waals surface area contributed by atoms with E-state index in [1.807, 2.05) is 38.2 Å². The van der Waals surface area contributed by atoms with Crippen LogP contribution in [0.3, 0.4) is 0 Å². The molecular formula is C14H14N2O. The van der Waals surface area contributed by atoms with Gasteiger partial charge in [-0.1, -0.05) is 18.2 Å². The lowest BCUT2D eigenvalue weighted by molar-refractivity contribution is 0.233. The maximum atomic E-state index is 5.62. The summed E-state index contributed by atoms with van der Waals surface area (Å²) in [6.45, 7) is 4.00. The van der Waals surface area contributed by atoms with Gasteiger partial charge in [-0.15, -0.1) is 0 Å². The van der Waals surface area contributed by atoms with E-state index in [2.05, 4.69) is 22.1 Å². The molecule has 0 saturated carbocycles. The van der Waals surface area contributed by atoms with Crippen molar-refractivity contribution in [2.45, 2.75) is 20.0 Å². The first kappa shape index (κ1) is 10.1. The zero-order valence-corrected chi connectivity index (χ0v) is 9.90. The Balaban J connectivity index is 2.23. The van der Waals surface area contributed by atoms with Crippen LogP contribution in [0.5, 0.6) is 5.88 Å². The van der Waals surface area contributed by atoms with Crippen molar-refractivity contribution in [3.8, 4) is 5.88 Å². The lowest BCUT2D eigenvalue weighted by atomic mass is 10.2. The number of pyridine rings is 1. The van der Waals surface area contributed by atoms with Crippen molar-refractivity contribution in [2.75, 3.05) is 0 Å². The Labute approximate surface area is 99.4 Å². The molecule has 86 valence electrons. The fourth-order valence-corrected chi connectivity index (χ4v) is 2.04. The number of ether oxygens (including phenoxy) is 1. The number of hydrogen-bond acceptors (Lipinski definition) is 2. The van der Waals surface area contributed by atoms with E-state index >= 15 is 0 Å². The van der Waals surface area contributed by atoms with Gasteiger partial charge in [-0.3, -0.25) is 0 Å². The van der Waals surface area contributed by atoms with Crippen molar-refractivity contribution < 1.29 is 4.74 Å². The average Bonchev–Trinajstić information content (AvgIpc) is 2.66. The molecule has 0 bridgehead atoms. The van der Waals surface area contributed by atoms with E-state index in [1.165, 1.54) is 5.39 Å². The SMILES string of the molecule is CC(C)Oc1cc2c(cn1)[nH]c1ccccc12. The number of aromatic amines is 1. The van der Waals surface area contributed by atoms with Gasteiger partial charge in [0.25, 0.3) is 0 Å². The molecule has 0 aliphatic heterocycles. The summed E-state index contributed by atoms with van der Waals surface area (Å²) in [5.41, 5.74) is 2.17. The number of hydrogen-bond donors (Lipinski definition) is 1. The molecule has 0 saturated heterocycles. The molecule has 0 spiro atoms. The van der Waals surface area contributed by atoms with E-state index in [0.29, 0.717) is 5.88 Å². The van der Waals surface area contributed by atoms with Gasteiger partial charge in [0.2, 0.25) is 5.88 Å². The van der Waals surface area contributed by atoms with Crippen molar-refractivity contribution in [2.24, 2.45) is 0 Å². The van der Waals surface area contributed by atoms with Crippen LogP contribution in [0.2, 0.25) is 0 Å². The van der Waals surface area contributed by atoms with Crippen LogP contribution in [-0.4, -0.2) is 16.1 Å². The number of nitrogens with zero attached hydrogens (tertiary/aromatic N) is 1. The van der Waals surface area contributed by atoms with E-state index in [-0.39, 0.29) is 6.10 Å². The van der Waals surface area contributed by atoms with Gasteiger partial charge in [0, 0.05) is 22.4 Å². The molecule has 3 rings (SSSR count). The summed E-state index contributed by atoms with van der Waals surface area (Å²) in [5, 5.41) is 2.37. The number of nitrogens with one attached hydrogen (secondary N) is 1. The van der Waals surface area contributed by atoms with Crippen LogP contribution in [0, 0.1) is 0 Å². The first-order chi connectivity index (χ1) is 8.24. The Hall–Kier alpha value is -2.03. The molecule has 0 radical (unpaired) electrons. The van der Waals surface area contributed by atoms with Crippen molar-refractivity contribution in [3.63, 3.8) is 0 Å². The Morgan fingerprint density at radius 3 is 2.76 bits per heavy atom. The number of benzene rings is 1. The molecule has 0 aliphatic rings. The molecule has 0 unspecified atom stereocenters. The third kappa shape index (κ3) is 1.73. The van der Waals surface area contributed by atoms with Crippen molar-refractivity contribution >= 4 is 21.8 Å². The Morgan fingerprint density at radius 2 is 1.94 bits per heavy atom. The highest BCUT2D eigenvalue weighted by molar-refractivity contribution is 6.07. The quantitative estimate of drug-likeness (QED) is 0.726. The summed E-state index contributed by atoms with van der Waals surface area (Å²) in [4.78, 5) is 7.63. The van der Waals surface area contributed by atoms with E-state index in [0.717, 1.165) is 16.4 Å². The minimum absolute atomic E-state index is 0.144.